The van der Waals surface area contributed by atoms with E-state index in [9.17, 15) is 0 Å². The molecule has 0 saturated heterocycles. The highest BCUT2D eigenvalue weighted by molar-refractivity contribution is 7.10. The Kier molecular flexibility index (Phi) is 4.95. The Bertz CT molecular complexity index is 587. The van der Waals surface area contributed by atoms with Crippen LogP contribution >= 0.6 is 22.9 Å². The molecule has 1 atom stereocenters. The number of anilines is 1. The van der Waals surface area contributed by atoms with Crippen LogP contribution in [0.25, 0.3) is 0 Å². The van der Waals surface area contributed by atoms with Gasteiger partial charge in [-0.3, -0.25) is 0 Å². The lowest BCUT2D eigenvalue weighted by Crippen LogP contribution is -2.24. The lowest BCUT2D eigenvalue weighted by Gasteiger charge is -2.28. The predicted octanol–water partition coefficient (Wildman–Crippen LogP) is 5.38. The average molecular weight is 323 g/mol. The third-order valence-electron chi connectivity index (χ3n) is 3.69. The molecule has 4 heteroatoms. The van der Waals surface area contributed by atoms with E-state index in [1.54, 1.807) is 11.3 Å². The highest BCUT2D eigenvalue weighted by Gasteiger charge is 2.20. The average Bonchev–Trinajstić information content (AvgIpc) is 2.98. The summed E-state index contributed by atoms with van der Waals surface area (Å²) in [4.78, 5) is 8.42. The van der Waals surface area contributed by atoms with Gasteiger partial charge in [-0.2, -0.15) is 0 Å². The van der Waals surface area contributed by atoms with Crippen LogP contribution in [0.1, 0.15) is 49.9 Å². The van der Waals surface area contributed by atoms with Gasteiger partial charge in [-0.25, -0.2) is 4.98 Å². The number of hydrogen-bond acceptors (Lipinski definition) is 3. The van der Waals surface area contributed by atoms with E-state index in [1.807, 2.05) is 0 Å². The van der Waals surface area contributed by atoms with Crippen LogP contribution in [0, 0.1) is 0 Å². The van der Waals surface area contributed by atoms with Gasteiger partial charge in [0.25, 0.3) is 0 Å². The smallest absolute Gasteiger partial charge is 0.129 e. The van der Waals surface area contributed by atoms with Gasteiger partial charge >= 0.3 is 0 Å². The Morgan fingerprint density at radius 1 is 1.33 bits per heavy atom. The molecule has 0 aromatic carbocycles. The van der Waals surface area contributed by atoms with Crippen molar-refractivity contribution >= 4 is 28.8 Å². The minimum Gasteiger partial charge on any atom is -0.352 e. The molecule has 2 aromatic heterocycles. The Balaban J connectivity index is 2.38. The van der Waals surface area contributed by atoms with Gasteiger partial charge in [-0.15, -0.1) is 22.9 Å². The van der Waals surface area contributed by atoms with Crippen molar-refractivity contribution in [2.24, 2.45) is 0 Å². The van der Waals surface area contributed by atoms with Gasteiger partial charge in [0.05, 0.1) is 6.04 Å². The Hall–Kier alpha value is -1.06. The first-order valence-electron chi connectivity index (χ1n) is 7.16. The molecular weight excluding hydrogens is 300 g/mol. The molecule has 0 bridgehead atoms. The van der Waals surface area contributed by atoms with Crippen molar-refractivity contribution in [2.75, 3.05) is 11.9 Å². The largest absolute Gasteiger partial charge is 0.352 e. The van der Waals surface area contributed by atoms with E-state index < -0.39 is 0 Å². The van der Waals surface area contributed by atoms with Crippen LogP contribution in [0.2, 0.25) is 0 Å². The van der Waals surface area contributed by atoms with E-state index in [4.69, 9.17) is 16.6 Å². The quantitative estimate of drug-likeness (QED) is 0.703. The van der Waals surface area contributed by atoms with Gasteiger partial charge in [-0.1, -0.05) is 26.8 Å². The van der Waals surface area contributed by atoms with E-state index in [0.29, 0.717) is 11.9 Å². The molecule has 0 amide bonds. The molecule has 0 radical (unpaired) electrons. The summed E-state index contributed by atoms with van der Waals surface area (Å²) < 4.78 is 0. The zero-order valence-electron chi connectivity index (χ0n) is 13.4. The molecule has 0 aliphatic rings. The third kappa shape index (κ3) is 3.78. The summed E-state index contributed by atoms with van der Waals surface area (Å²) >= 11 is 7.84. The van der Waals surface area contributed by atoms with Crippen molar-refractivity contribution in [1.29, 1.82) is 0 Å². The first kappa shape index (κ1) is 16.3. The summed E-state index contributed by atoms with van der Waals surface area (Å²) in [7, 11) is 2.09. The summed E-state index contributed by atoms with van der Waals surface area (Å²) in [6.07, 6.45) is 0. The van der Waals surface area contributed by atoms with E-state index in [0.717, 1.165) is 17.1 Å². The van der Waals surface area contributed by atoms with Gasteiger partial charge in [0, 0.05) is 28.9 Å². The molecule has 0 spiro atoms. The normalized spacial score (nSPS) is 13.2. The standard InChI is InChI=1S/C17H23ClN2S/c1-12(14-7-6-8-21-14)20(5)16-10-13(11-18)9-15(19-16)17(2,3)4/h6-10,12H,11H2,1-5H3. The second-order valence-electron chi connectivity index (χ2n) is 6.40. The van der Waals surface area contributed by atoms with E-state index in [2.05, 4.69) is 69.3 Å². The van der Waals surface area contributed by atoms with Gasteiger partial charge in [0.2, 0.25) is 0 Å². The predicted molar refractivity (Wildman–Crippen MR) is 93.6 cm³/mol. The summed E-state index contributed by atoms with van der Waals surface area (Å²) in [6.45, 7) is 8.75. The fraction of sp³-hybridized carbons (Fsp3) is 0.471. The van der Waals surface area contributed by atoms with Gasteiger partial charge < -0.3 is 4.90 Å². The van der Waals surface area contributed by atoms with Crippen LogP contribution in [0.5, 0.6) is 0 Å². The molecule has 21 heavy (non-hydrogen) atoms. The topological polar surface area (TPSA) is 16.1 Å². The molecule has 2 rings (SSSR count). The number of thiophene rings is 1. The fourth-order valence-corrected chi connectivity index (χ4v) is 3.11. The van der Waals surface area contributed by atoms with Gasteiger partial charge in [0.15, 0.2) is 0 Å². The summed E-state index contributed by atoms with van der Waals surface area (Å²) in [5.41, 5.74) is 2.22. The summed E-state index contributed by atoms with van der Waals surface area (Å²) in [5.74, 6) is 1.50. The van der Waals surface area contributed by atoms with Crippen LogP contribution in [-0.4, -0.2) is 12.0 Å². The number of pyridine rings is 1. The third-order valence-corrected chi connectivity index (χ3v) is 5.04. The maximum atomic E-state index is 6.06. The first-order chi connectivity index (χ1) is 9.82. The minimum atomic E-state index is 0.0177. The van der Waals surface area contributed by atoms with E-state index >= 15 is 0 Å². The maximum absolute atomic E-state index is 6.06. The molecule has 0 N–H and O–H groups in total. The molecule has 114 valence electrons. The van der Waals surface area contributed by atoms with Crippen molar-refractivity contribution in [1.82, 2.24) is 4.98 Å². The van der Waals surface area contributed by atoms with Crippen molar-refractivity contribution in [3.63, 3.8) is 0 Å². The highest BCUT2D eigenvalue weighted by atomic mass is 35.5. The van der Waals surface area contributed by atoms with Gasteiger partial charge in [0.1, 0.15) is 5.82 Å². The van der Waals surface area contributed by atoms with E-state index in [-0.39, 0.29) is 5.41 Å². The summed E-state index contributed by atoms with van der Waals surface area (Å²) in [6, 6.07) is 8.76. The van der Waals surface area contributed by atoms with Crippen LogP contribution in [0.3, 0.4) is 0 Å². The molecular formula is C17H23ClN2S. The van der Waals surface area contributed by atoms with Crippen LogP contribution in [0.4, 0.5) is 5.82 Å². The molecule has 2 aromatic rings. The number of hydrogen-bond donors (Lipinski definition) is 0. The second-order valence-corrected chi connectivity index (χ2v) is 7.65. The molecule has 0 saturated carbocycles. The number of alkyl halides is 1. The Morgan fingerprint density at radius 3 is 2.57 bits per heavy atom. The zero-order chi connectivity index (χ0) is 15.6. The van der Waals surface area contributed by atoms with Crippen LogP contribution < -0.4 is 4.90 Å². The number of rotatable bonds is 4. The highest BCUT2D eigenvalue weighted by Crippen LogP contribution is 2.30. The van der Waals surface area contributed by atoms with Crippen molar-refractivity contribution < 1.29 is 0 Å². The monoisotopic (exact) mass is 322 g/mol. The van der Waals surface area contributed by atoms with Crippen LogP contribution in [-0.2, 0) is 11.3 Å². The van der Waals surface area contributed by atoms with Crippen molar-refractivity contribution in [3.05, 3.63) is 45.8 Å². The Labute approximate surface area is 136 Å². The molecule has 0 fully saturated rings. The zero-order valence-corrected chi connectivity index (χ0v) is 14.9. The number of aromatic nitrogens is 1. The molecule has 2 nitrogen and oxygen atoms in total. The minimum absolute atomic E-state index is 0.0177. The fourth-order valence-electron chi connectivity index (χ4n) is 2.13. The number of nitrogens with zero attached hydrogens (tertiary/aromatic N) is 2. The Morgan fingerprint density at radius 2 is 2.05 bits per heavy atom. The van der Waals surface area contributed by atoms with Crippen molar-refractivity contribution in [3.8, 4) is 0 Å². The summed E-state index contributed by atoms with van der Waals surface area (Å²) in [5, 5.41) is 2.11. The van der Waals surface area contributed by atoms with E-state index in [1.165, 1.54) is 4.88 Å². The van der Waals surface area contributed by atoms with Gasteiger partial charge in [-0.05, 0) is 36.1 Å². The first-order valence-corrected chi connectivity index (χ1v) is 8.58. The second kappa shape index (κ2) is 6.37. The number of halogens is 1. The molecule has 0 aliphatic carbocycles. The molecule has 2 heterocycles. The van der Waals surface area contributed by atoms with Crippen LogP contribution in [0.15, 0.2) is 29.6 Å². The maximum Gasteiger partial charge on any atom is 0.129 e. The lowest BCUT2D eigenvalue weighted by molar-refractivity contribution is 0.566. The SMILES string of the molecule is CC(c1cccs1)N(C)c1cc(CCl)cc(C(C)(C)C)n1. The lowest BCUT2D eigenvalue weighted by atomic mass is 9.91. The molecule has 1 unspecified atom stereocenters. The molecule has 0 aliphatic heterocycles. The van der Waals surface area contributed by atoms with Crippen molar-refractivity contribution in [2.45, 2.75) is 45.0 Å².